The molecule has 1 aromatic carbocycles. The predicted molar refractivity (Wildman–Crippen MR) is 117 cm³/mol. The Morgan fingerprint density at radius 2 is 2.10 bits per heavy atom. The predicted octanol–water partition coefficient (Wildman–Crippen LogP) is 4.08. The van der Waals surface area contributed by atoms with E-state index in [0.717, 1.165) is 18.4 Å². The molecule has 1 aliphatic heterocycles. The summed E-state index contributed by atoms with van der Waals surface area (Å²) >= 11 is 6.32. The average Bonchev–Trinajstić information content (AvgIpc) is 3.61. The topological polar surface area (TPSA) is 102 Å². The van der Waals surface area contributed by atoms with Crippen molar-refractivity contribution in [3.8, 4) is 0 Å². The monoisotopic (exact) mass is 423 g/mol. The molecule has 0 unspecified atom stereocenters. The molecule has 0 amide bonds. The number of carbonyl (C=O) groups excluding carboxylic acids is 1. The first kappa shape index (κ1) is 20.2. The van der Waals surface area contributed by atoms with Crippen LogP contribution in [0.3, 0.4) is 0 Å². The van der Waals surface area contributed by atoms with Crippen LogP contribution < -0.4 is 4.90 Å². The van der Waals surface area contributed by atoms with E-state index >= 15 is 0 Å². The summed E-state index contributed by atoms with van der Waals surface area (Å²) in [6.07, 6.45) is 3.99. The molecule has 1 aromatic heterocycles. The van der Waals surface area contributed by atoms with E-state index < -0.39 is 6.04 Å². The van der Waals surface area contributed by atoms with Gasteiger partial charge < -0.3 is 4.74 Å². The summed E-state index contributed by atoms with van der Waals surface area (Å²) in [6.45, 7) is 0. The van der Waals surface area contributed by atoms with E-state index in [0.29, 0.717) is 34.4 Å². The standard InChI is InChI=1S/C22H22ClN5O2/c1-30-19(29)10-8-17-22(25)28(21(24)13-5-6-13)18-9-7-14(23)12-15(18)20(27-17)16-4-2-3-11-26-16/h2-4,7,9,11-13,17,24-25H,5-6,8,10H2,1H3/t17-/m0/s1. The molecule has 2 aromatic rings. The molecule has 2 heterocycles. The number of rotatable bonds is 5. The first-order chi connectivity index (χ1) is 14.5. The quantitative estimate of drug-likeness (QED) is 0.429. The van der Waals surface area contributed by atoms with Crippen molar-refractivity contribution in [1.29, 1.82) is 10.8 Å². The number of anilines is 1. The van der Waals surface area contributed by atoms with Crippen LogP contribution >= 0.6 is 11.6 Å². The second kappa shape index (κ2) is 8.36. The number of fused-ring (bicyclic) bond motifs is 1. The van der Waals surface area contributed by atoms with Gasteiger partial charge in [-0.3, -0.25) is 30.5 Å². The zero-order valence-electron chi connectivity index (χ0n) is 16.6. The van der Waals surface area contributed by atoms with Crippen molar-refractivity contribution in [2.75, 3.05) is 12.0 Å². The summed E-state index contributed by atoms with van der Waals surface area (Å²) in [6, 6.07) is 10.3. The number of hydrogen-bond acceptors (Lipinski definition) is 6. The highest BCUT2D eigenvalue weighted by Gasteiger charge is 2.38. The first-order valence-electron chi connectivity index (χ1n) is 9.82. The van der Waals surface area contributed by atoms with E-state index in [1.165, 1.54) is 7.11 Å². The fraction of sp³-hybridized carbons (Fsp3) is 0.318. The number of halogens is 1. The van der Waals surface area contributed by atoms with E-state index in [1.54, 1.807) is 23.2 Å². The Labute approximate surface area is 179 Å². The van der Waals surface area contributed by atoms with Crippen molar-refractivity contribution in [2.45, 2.75) is 31.7 Å². The first-order valence-corrected chi connectivity index (χ1v) is 10.2. The largest absolute Gasteiger partial charge is 0.469 e. The van der Waals surface area contributed by atoms with Gasteiger partial charge in [0, 0.05) is 29.1 Å². The number of nitrogens with zero attached hydrogens (tertiary/aromatic N) is 3. The van der Waals surface area contributed by atoms with E-state index in [1.807, 2.05) is 24.3 Å². The lowest BCUT2D eigenvalue weighted by Crippen LogP contribution is -2.42. The van der Waals surface area contributed by atoms with Crippen LogP contribution in [0.1, 0.15) is 36.9 Å². The zero-order chi connectivity index (χ0) is 21.3. The van der Waals surface area contributed by atoms with Gasteiger partial charge in [-0.05, 0) is 49.6 Å². The van der Waals surface area contributed by atoms with Crippen LogP contribution in [0.2, 0.25) is 5.02 Å². The molecule has 0 radical (unpaired) electrons. The molecule has 1 atom stereocenters. The molecule has 0 spiro atoms. The smallest absolute Gasteiger partial charge is 0.305 e. The lowest BCUT2D eigenvalue weighted by atomic mass is 10.0. The Kier molecular flexibility index (Phi) is 5.63. The minimum absolute atomic E-state index is 0.129. The number of amidine groups is 2. The van der Waals surface area contributed by atoms with Crippen LogP contribution in [-0.2, 0) is 9.53 Å². The van der Waals surface area contributed by atoms with Crippen molar-refractivity contribution in [3.63, 3.8) is 0 Å². The molecule has 4 rings (SSSR count). The second-order valence-corrected chi connectivity index (χ2v) is 7.80. The van der Waals surface area contributed by atoms with Crippen LogP contribution in [0.5, 0.6) is 0 Å². The van der Waals surface area contributed by atoms with E-state index in [2.05, 4.69) is 4.98 Å². The molecule has 0 saturated heterocycles. The van der Waals surface area contributed by atoms with Crippen LogP contribution in [0.15, 0.2) is 47.6 Å². The molecule has 0 bridgehead atoms. The van der Waals surface area contributed by atoms with Gasteiger partial charge in [-0.1, -0.05) is 17.7 Å². The third kappa shape index (κ3) is 3.98. The number of aromatic nitrogens is 1. The Morgan fingerprint density at radius 1 is 1.30 bits per heavy atom. The van der Waals surface area contributed by atoms with Gasteiger partial charge in [0.1, 0.15) is 17.7 Å². The molecular formula is C22H22ClN5O2. The van der Waals surface area contributed by atoms with Crippen LogP contribution in [0.4, 0.5) is 5.69 Å². The SMILES string of the molecule is COC(=O)CC[C@@H]1N=C(c2ccccn2)c2cc(Cl)ccc2N(C(=N)C2CC2)C1=N. The average molecular weight is 424 g/mol. The van der Waals surface area contributed by atoms with Crippen molar-refractivity contribution in [2.24, 2.45) is 10.9 Å². The van der Waals surface area contributed by atoms with Gasteiger partial charge in [-0.25, -0.2) is 0 Å². The highest BCUT2D eigenvalue weighted by atomic mass is 35.5. The van der Waals surface area contributed by atoms with Gasteiger partial charge in [0.25, 0.3) is 0 Å². The maximum absolute atomic E-state index is 11.8. The molecule has 2 N–H and O–H groups in total. The number of benzodiazepines with no additional fused rings is 1. The van der Waals surface area contributed by atoms with Crippen molar-refractivity contribution in [3.05, 3.63) is 58.9 Å². The number of nitrogens with one attached hydrogen (secondary N) is 2. The molecule has 30 heavy (non-hydrogen) atoms. The maximum Gasteiger partial charge on any atom is 0.305 e. The Hall–Kier alpha value is -3.06. The summed E-state index contributed by atoms with van der Waals surface area (Å²) in [5, 5.41) is 18.2. The van der Waals surface area contributed by atoms with Gasteiger partial charge >= 0.3 is 5.97 Å². The molecule has 154 valence electrons. The summed E-state index contributed by atoms with van der Waals surface area (Å²) in [7, 11) is 1.34. The summed E-state index contributed by atoms with van der Waals surface area (Å²) in [4.78, 5) is 22.7. The minimum atomic E-state index is -0.619. The van der Waals surface area contributed by atoms with Gasteiger partial charge in [-0.15, -0.1) is 0 Å². The molecule has 2 aliphatic rings. The van der Waals surface area contributed by atoms with Crippen molar-refractivity contribution in [1.82, 2.24) is 4.98 Å². The normalized spacial score (nSPS) is 18.3. The number of methoxy groups -OCH3 is 1. The van der Waals surface area contributed by atoms with Crippen LogP contribution in [0.25, 0.3) is 0 Å². The number of benzene rings is 1. The summed E-state index contributed by atoms with van der Waals surface area (Å²) < 4.78 is 4.78. The zero-order valence-corrected chi connectivity index (χ0v) is 17.3. The van der Waals surface area contributed by atoms with Gasteiger partial charge in [-0.2, -0.15) is 0 Å². The number of ether oxygens (including phenoxy) is 1. The fourth-order valence-electron chi connectivity index (χ4n) is 3.52. The molecule has 1 saturated carbocycles. The molecular weight excluding hydrogens is 402 g/mol. The summed E-state index contributed by atoms with van der Waals surface area (Å²) in [5.74, 6) is 0.326. The third-order valence-corrected chi connectivity index (χ3v) is 5.49. The lowest BCUT2D eigenvalue weighted by Gasteiger charge is -2.28. The van der Waals surface area contributed by atoms with E-state index in [9.17, 15) is 4.79 Å². The number of esters is 1. The van der Waals surface area contributed by atoms with Gasteiger partial charge in [0.05, 0.1) is 24.2 Å². The lowest BCUT2D eigenvalue weighted by molar-refractivity contribution is -0.140. The van der Waals surface area contributed by atoms with E-state index in [-0.39, 0.29) is 24.1 Å². The summed E-state index contributed by atoms with van der Waals surface area (Å²) in [5.41, 5.74) is 2.65. The van der Waals surface area contributed by atoms with Gasteiger partial charge in [0.15, 0.2) is 0 Å². The van der Waals surface area contributed by atoms with Gasteiger partial charge in [0.2, 0.25) is 0 Å². The van der Waals surface area contributed by atoms with E-state index in [4.69, 9.17) is 32.1 Å². The maximum atomic E-state index is 11.8. The third-order valence-electron chi connectivity index (χ3n) is 5.26. The van der Waals surface area contributed by atoms with Crippen molar-refractivity contribution < 1.29 is 9.53 Å². The molecule has 1 aliphatic carbocycles. The number of pyridine rings is 1. The molecule has 1 fully saturated rings. The van der Waals surface area contributed by atoms with Crippen LogP contribution in [0, 0.1) is 16.7 Å². The fourth-order valence-corrected chi connectivity index (χ4v) is 3.69. The number of carbonyl (C=O) groups is 1. The second-order valence-electron chi connectivity index (χ2n) is 7.36. The Balaban J connectivity index is 1.86. The van der Waals surface area contributed by atoms with Crippen molar-refractivity contribution >= 4 is 40.6 Å². The Bertz CT molecular complexity index is 1030. The molecule has 8 heteroatoms. The molecule has 7 nitrogen and oxygen atoms in total. The minimum Gasteiger partial charge on any atom is -0.469 e. The number of aliphatic imine (C=N–C) groups is 1. The number of hydrogen-bond donors (Lipinski definition) is 2. The van der Waals surface area contributed by atoms with Crippen LogP contribution in [-0.4, -0.2) is 41.5 Å². The highest BCUT2D eigenvalue weighted by Crippen LogP contribution is 2.37. The Morgan fingerprint density at radius 3 is 2.77 bits per heavy atom. The highest BCUT2D eigenvalue weighted by molar-refractivity contribution is 6.33.